The first-order valence-electron chi connectivity index (χ1n) is 10.5. The van der Waals surface area contributed by atoms with Gasteiger partial charge in [-0.15, -0.1) is 0 Å². The molecule has 0 saturated carbocycles. The van der Waals surface area contributed by atoms with E-state index >= 15 is 0 Å². The summed E-state index contributed by atoms with van der Waals surface area (Å²) in [6.45, 7) is 0. The Labute approximate surface area is 239 Å². The first kappa shape index (κ1) is 29.3. The molecule has 1 aromatic heterocycles. The molecule has 0 aliphatic heterocycles. The Morgan fingerprint density at radius 3 is 2.24 bits per heavy atom. The topological polar surface area (TPSA) is 95.3 Å². The molecule has 4 aromatic rings. The third-order valence-corrected chi connectivity index (χ3v) is 5.83. The molecular weight excluding hydrogens is 541 g/mol. The molecule has 0 atom stereocenters. The monoisotopic (exact) mass is 555 g/mol. The van der Waals surface area contributed by atoms with Crippen molar-refractivity contribution in [2.24, 2.45) is 0 Å². The number of nitrogens with zero attached hydrogens (tertiary/aromatic N) is 3. The molecule has 38 heavy (non-hydrogen) atoms. The second-order valence-electron chi connectivity index (χ2n) is 8.14. The second-order valence-corrected chi connectivity index (χ2v) is 8.55. The standard InChI is InChI=1S/C25H16ClF4N3O4.Na/c1-32(2)22(34)12-6-9-15-19(11-12)33(23(35)20-16(25(28,29)30)4-3-5-17(20)26)31-21(15)14-8-7-13(24(36)37)10-18(14)27;/h3-11H,1-2H3,(H,36,37);/q;+1/p-1. The van der Waals surface area contributed by atoms with Crippen LogP contribution in [0.15, 0.2) is 54.6 Å². The van der Waals surface area contributed by atoms with Gasteiger partial charge >= 0.3 is 35.7 Å². The van der Waals surface area contributed by atoms with Gasteiger partial charge in [-0.25, -0.2) is 4.39 Å². The molecule has 0 unspecified atom stereocenters. The fourth-order valence-corrected chi connectivity index (χ4v) is 4.03. The van der Waals surface area contributed by atoms with Gasteiger partial charge in [0.05, 0.1) is 27.6 Å². The maximum Gasteiger partial charge on any atom is 1.00 e. The van der Waals surface area contributed by atoms with Crippen molar-refractivity contribution in [2.75, 3.05) is 14.1 Å². The van der Waals surface area contributed by atoms with Crippen LogP contribution in [0.25, 0.3) is 22.2 Å². The molecule has 0 bridgehead atoms. The molecule has 1 amide bonds. The van der Waals surface area contributed by atoms with Crippen LogP contribution in [0.3, 0.4) is 0 Å². The van der Waals surface area contributed by atoms with Crippen LogP contribution in [0, 0.1) is 5.82 Å². The van der Waals surface area contributed by atoms with Crippen LogP contribution in [0.2, 0.25) is 5.02 Å². The van der Waals surface area contributed by atoms with Gasteiger partial charge in [0.25, 0.3) is 11.8 Å². The molecule has 190 valence electrons. The molecule has 0 saturated heterocycles. The number of rotatable bonds is 4. The van der Waals surface area contributed by atoms with E-state index in [1.54, 1.807) is 0 Å². The quantitative estimate of drug-likeness (QED) is 0.279. The molecule has 4 rings (SSSR count). The van der Waals surface area contributed by atoms with E-state index in [0.717, 1.165) is 24.3 Å². The largest absolute Gasteiger partial charge is 1.00 e. The van der Waals surface area contributed by atoms with Crippen molar-refractivity contribution in [2.45, 2.75) is 6.18 Å². The van der Waals surface area contributed by atoms with Crippen LogP contribution in [0.5, 0.6) is 0 Å². The number of amides is 1. The summed E-state index contributed by atoms with van der Waals surface area (Å²) in [5.74, 6) is -4.39. The predicted molar refractivity (Wildman–Crippen MR) is 124 cm³/mol. The minimum Gasteiger partial charge on any atom is -0.545 e. The number of benzene rings is 3. The number of carboxylic acids is 1. The Balaban J connectivity index is 0.00000400. The van der Waals surface area contributed by atoms with Gasteiger partial charge in [-0.1, -0.05) is 23.7 Å². The number of halogens is 5. The summed E-state index contributed by atoms with van der Waals surface area (Å²) in [5.41, 5.74) is -3.06. The Morgan fingerprint density at radius 2 is 1.66 bits per heavy atom. The molecule has 7 nitrogen and oxygen atoms in total. The first-order chi connectivity index (χ1) is 17.3. The van der Waals surface area contributed by atoms with Gasteiger partial charge in [0.15, 0.2) is 0 Å². The molecule has 1 heterocycles. The molecule has 0 N–H and O–H groups in total. The number of aromatic carboxylic acids is 1. The summed E-state index contributed by atoms with van der Waals surface area (Å²) in [6.07, 6.45) is -4.93. The van der Waals surface area contributed by atoms with Gasteiger partial charge in [0.2, 0.25) is 0 Å². The number of hydrogen-bond donors (Lipinski definition) is 0. The minimum atomic E-state index is -4.93. The summed E-state index contributed by atoms with van der Waals surface area (Å²) >= 11 is 6.01. The van der Waals surface area contributed by atoms with E-state index in [4.69, 9.17) is 11.6 Å². The van der Waals surface area contributed by atoms with Gasteiger partial charge in [0.1, 0.15) is 11.5 Å². The number of alkyl halides is 3. The van der Waals surface area contributed by atoms with Crippen molar-refractivity contribution in [3.8, 4) is 11.3 Å². The van der Waals surface area contributed by atoms with E-state index in [1.807, 2.05) is 0 Å². The summed E-state index contributed by atoms with van der Waals surface area (Å²) < 4.78 is 56.6. The summed E-state index contributed by atoms with van der Waals surface area (Å²) in [4.78, 5) is 38.3. The molecule has 0 aliphatic rings. The zero-order valence-corrected chi connectivity index (χ0v) is 22.8. The minimum absolute atomic E-state index is 0. The van der Waals surface area contributed by atoms with Crippen LogP contribution >= 0.6 is 11.6 Å². The van der Waals surface area contributed by atoms with Crippen LogP contribution in [-0.4, -0.2) is 46.6 Å². The van der Waals surface area contributed by atoms with Crippen molar-refractivity contribution in [1.82, 2.24) is 14.7 Å². The summed E-state index contributed by atoms with van der Waals surface area (Å²) in [6, 6.07) is 9.65. The zero-order chi connectivity index (χ0) is 27.2. The fourth-order valence-electron chi connectivity index (χ4n) is 3.78. The number of carboxylic acid groups (broad SMARTS) is 1. The first-order valence-corrected chi connectivity index (χ1v) is 10.8. The van der Waals surface area contributed by atoms with E-state index in [2.05, 4.69) is 5.10 Å². The van der Waals surface area contributed by atoms with E-state index < -0.39 is 51.5 Å². The molecule has 3 aromatic carbocycles. The Bertz CT molecular complexity index is 1600. The van der Waals surface area contributed by atoms with Gasteiger partial charge in [-0.3, -0.25) is 9.59 Å². The molecule has 0 aliphatic carbocycles. The number of carbonyl (C=O) groups is 3. The van der Waals surface area contributed by atoms with Crippen molar-refractivity contribution in [3.05, 3.63) is 87.7 Å². The van der Waals surface area contributed by atoms with E-state index in [0.29, 0.717) is 16.8 Å². The zero-order valence-electron chi connectivity index (χ0n) is 20.1. The van der Waals surface area contributed by atoms with Crippen LogP contribution in [-0.2, 0) is 6.18 Å². The third-order valence-electron chi connectivity index (χ3n) is 5.52. The fraction of sp³-hybridized carbons (Fsp3) is 0.120. The molecule has 0 radical (unpaired) electrons. The smallest absolute Gasteiger partial charge is 0.545 e. The number of fused-ring (bicyclic) bond motifs is 1. The maximum atomic E-state index is 14.9. The van der Waals surface area contributed by atoms with Crippen molar-refractivity contribution in [1.29, 1.82) is 0 Å². The third kappa shape index (κ3) is 5.32. The van der Waals surface area contributed by atoms with Crippen LogP contribution in [0.1, 0.15) is 36.6 Å². The van der Waals surface area contributed by atoms with Crippen LogP contribution < -0.4 is 34.7 Å². The summed E-state index contributed by atoms with van der Waals surface area (Å²) in [7, 11) is 2.96. The van der Waals surface area contributed by atoms with E-state index in [9.17, 15) is 37.1 Å². The van der Waals surface area contributed by atoms with Crippen molar-refractivity contribution in [3.63, 3.8) is 0 Å². The Kier molecular flexibility index (Phi) is 8.37. The normalized spacial score (nSPS) is 11.2. The molecule has 0 spiro atoms. The number of carbonyl (C=O) groups excluding carboxylic acids is 3. The van der Waals surface area contributed by atoms with Crippen molar-refractivity contribution >= 4 is 40.3 Å². The number of aromatic nitrogens is 2. The number of hydrogen-bond acceptors (Lipinski definition) is 5. The Morgan fingerprint density at radius 1 is 1.00 bits per heavy atom. The average Bonchev–Trinajstić information content (AvgIpc) is 3.20. The van der Waals surface area contributed by atoms with Gasteiger partial charge in [-0.2, -0.15) is 23.0 Å². The average molecular weight is 556 g/mol. The predicted octanol–water partition coefficient (Wildman–Crippen LogP) is 1.27. The van der Waals surface area contributed by atoms with Gasteiger partial charge in [0, 0.05) is 36.2 Å². The molecule has 13 heteroatoms. The molecule has 0 fully saturated rings. The SMILES string of the molecule is CN(C)C(=O)c1ccc2c(-c3ccc(C(=O)[O-])cc3F)nn(C(=O)c3c(Cl)cccc3C(F)(F)F)c2c1.[Na+]. The van der Waals surface area contributed by atoms with Gasteiger partial charge in [-0.05, 0) is 42.5 Å². The van der Waals surface area contributed by atoms with E-state index in [-0.39, 0.29) is 57.3 Å². The van der Waals surface area contributed by atoms with E-state index in [1.165, 1.54) is 37.2 Å². The Hall–Kier alpha value is -3.25. The second kappa shape index (κ2) is 10.9. The summed E-state index contributed by atoms with van der Waals surface area (Å²) in [5, 5.41) is 14.8. The van der Waals surface area contributed by atoms with Gasteiger partial charge < -0.3 is 14.8 Å². The maximum absolute atomic E-state index is 14.9. The van der Waals surface area contributed by atoms with Crippen molar-refractivity contribution < 1.29 is 66.6 Å². The van der Waals surface area contributed by atoms with Crippen LogP contribution in [0.4, 0.5) is 17.6 Å². The molecular formula is C25H15ClF4N3NaO4.